The average Bonchev–Trinajstić information content (AvgIpc) is 2.80. The van der Waals surface area contributed by atoms with Crippen molar-refractivity contribution < 1.29 is 9.50 Å². The molecule has 0 aliphatic heterocycles. The third-order valence-electron chi connectivity index (χ3n) is 2.41. The predicted octanol–water partition coefficient (Wildman–Crippen LogP) is 2.95. The van der Waals surface area contributed by atoms with E-state index in [1.807, 2.05) is 19.0 Å². The van der Waals surface area contributed by atoms with Crippen LogP contribution in [0.2, 0.25) is 0 Å². The molecule has 0 unspecified atom stereocenters. The van der Waals surface area contributed by atoms with Gasteiger partial charge in [-0.15, -0.1) is 10.2 Å². The molecule has 4 nitrogen and oxygen atoms in total. The Hall–Kier alpha value is -1.18. The van der Waals surface area contributed by atoms with Crippen LogP contribution in [0.25, 0.3) is 0 Å². The highest BCUT2D eigenvalue weighted by molar-refractivity contribution is 8.01. The number of anilines is 1. The van der Waals surface area contributed by atoms with E-state index in [0.717, 1.165) is 5.13 Å². The molecular weight excluding hydrogens is 285 g/mol. The summed E-state index contributed by atoms with van der Waals surface area (Å²) >= 11 is 2.64. The number of benzene rings is 1. The van der Waals surface area contributed by atoms with Crippen molar-refractivity contribution in [2.75, 3.05) is 19.0 Å². The van der Waals surface area contributed by atoms with Gasteiger partial charge in [0, 0.05) is 14.1 Å². The number of rotatable bonds is 4. The zero-order valence-electron chi connectivity index (χ0n) is 10.8. The van der Waals surface area contributed by atoms with Crippen LogP contribution in [0.1, 0.15) is 18.6 Å². The first-order valence-corrected chi connectivity index (χ1v) is 7.27. The fraction of sp³-hybridized carbons (Fsp3) is 0.333. The van der Waals surface area contributed by atoms with Gasteiger partial charge in [0.2, 0.25) is 5.13 Å². The maximum Gasteiger partial charge on any atom is 0.208 e. The van der Waals surface area contributed by atoms with Crippen LogP contribution >= 0.6 is 23.1 Å². The highest BCUT2D eigenvalue weighted by Crippen LogP contribution is 2.34. The van der Waals surface area contributed by atoms with Gasteiger partial charge in [0.05, 0.1) is 11.0 Å². The highest BCUT2D eigenvalue weighted by atomic mass is 32.2. The first-order chi connectivity index (χ1) is 8.97. The molecule has 19 heavy (non-hydrogen) atoms. The van der Waals surface area contributed by atoms with Crippen molar-refractivity contribution in [2.45, 2.75) is 22.3 Å². The van der Waals surface area contributed by atoms with E-state index in [2.05, 4.69) is 10.2 Å². The van der Waals surface area contributed by atoms with Crippen LogP contribution in [0.5, 0.6) is 0 Å². The summed E-state index contributed by atoms with van der Waals surface area (Å²) in [7, 11) is 3.76. The number of aromatic nitrogens is 2. The Bertz CT molecular complexity index is 572. The molecule has 1 heterocycles. The molecule has 2 rings (SSSR count). The topological polar surface area (TPSA) is 49.3 Å². The minimum absolute atomic E-state index is 0.356. The lowest BCUT2D eigenvalue weighted by Crippen LogP contribution is -2.07. The molecular formula is C12H14FN3OS2. The van der Waals surface area contributed by atoms with Crippen molar-refractivity contribution in [1.82, 2.24) is 10.2 Å². The Morgan fingerprint density at radius 2 is 2.11 bits per heavy atom. The molecule has 0 bridgehead atoms. The summed E-state index contributed by atoms with van der Waals surface area (Å²) < 4.78 is 14.6. The van der Waals surface area contributed by atoms with E-state index in [1.165, 1.54) is 29.2 Å². The maximum atomic E-state index is 13.9. The van der Waals surface area contributed by atoms with Crippen LogP contribution in [-0.2, 0) is 0 Å². The molecule has 0 saturated heterocycles. The lowest BCUT2D eigenvalue weighted by molar-refractivity contribution is 0.198. The Kier molecular flexibility index (Phi) is 4.38. The number of aliphatic hydroxyl groups excluding tert-OH is 1. The summed E-state index contributed by atoms with van der Waals surface area (Å²) in [4.78, 5) is 2.33. The van der Waals surface area contributed by atoms with Gasteiger partial charge in [-0.1, -0.05) is 29.2 Å². The van der Waals surface area contributed by atoms with Gasteiger partial charge in [0.1, 0.15) is 5.82 Å². The van der Waals surface area contributed by atoms with Crippen molar-refractivity contribution in [3.63, 3.8) is 0 Å². The Balaban J connectivity index is 2.18. The van der Waals surface area contributed by atoms with Gasteiger partial charge >= 0.3 is 0 Å². The molecule has 1 aromatic heterocycles. The quantitative estimate of drug-likeness (QED) is 0.940. The summed E-state index contributed by atoms with van der Waals surface area (Å²) in [6, 6.07) is 4.71. The van der Waals surface area contributed by atoms with Crippen LogP contribution in [0.15, 0.2) is 27.4 Å². The van der Waals surface area contributed by atoms with Crippen LogP contribution < -0.4 is 4.90 Å². The Labute approximate surface area is 119 Å². The number of nitrogens with zero attached hydrogens (tertiary/aromatic N) is 3. The van der Waals surface area contributed by atoms with Gasteiger partial charge in [-0.3, -0.25) is 0 Å². The highest BCUT2D eigenvalue weighted by Gasteiger charge is 2.12. The minimum atomic E-state index is -0.671. The second-order valence-electron chi connectivity index (χ2n) is 4.21. The molecule has 2 aromatic rings. The molecule has 102 valence electrons. The van der Waals surface area contributed by atoms with Crippen LogP contribution in [0.4, 0.5) is 9.52 Å². The van der Waals surface area contributed by atoms with Crippen molar-refractivity contribution in [2.24, 2.45) is 0 Å². The van der Waals surface area contributed by atoms with Crippen LogP contribution in [0.3, 0.4) is 0 Å². The zero-order valence-corrected chi connectivity index (χ0v) is 12.4. The van der Waals surface area contributed by atoms with Gasteiger partial charge in [0.25, 0.3) is 0 Å². The van der Waals surface area contributed by atoms with E-state index in [4.69, 9.17) is 0 Å². The molecule has 1 N–H and O–H groups in total. The van der Waals surface area contributed by atoms with Crippen molar-refractivity contribution in [1.29, 1.82) is 0 Å². The van der Waals surface area contributed by atoms with Gasteiger partial charge in [-0.25, -0.2) is 4.39 Å². The SMILES string of the molecule is C[C@@H](O)c1ccc(Sc2nnc(N(C)C)s2)c(F)c1. The molecule has 0 radical (unpaired) electrons. The second-order valence-corrected chi connectivity index (χ2v) is 6.46. The third-order valence-corrected chi connectivity index (χ3v) is 4.61. The van der Waals surface area contributed by atoms with Gasteiger partial charge in [-0.2, -0.15) is 0 Å². The van der Waals surface area contributed by atoms with E-state index >= 15 is 0 Å². The molecule has 1 aromatic carbocycles. The number of halogens is 1. The van der Waals surface area contributed by atoms with Crippen molar-refractivity contribution >= 4 is 28.2 Å². The van der Waals surface area contributed by atoms with E-state index in [-0.39, 0.29) is 5.82 Å². The summed E-state index contributed by atoms with van der Waals surface area (Å²) in [5.41, 5.74) is 0.563. The van der Waals surface area contributed by atoms with Crippen molar-refractivity contribution in [3.8, 4) is 0 Å². The smallest absolute Gasteiger partial charge is 0.208 e. The predicted molar refractivity (Wildman–Crippen MR) is 75.4 cm³/mol. The monoisotopic (exact) mass is 299 g/mol. The van der Waals surface area contributed by atoms with Gasteiger partial charge in [-0.05, 0) is 24.6 Å². The number of aliphatic hydroxyl groups is 1. The Morgan fingerprint density at radius 1 is 1.37 bits per heavy atom. The minimum Gasteiger partial charge on any atom is -0.389 e. The molecule has 0 amide bonds. The fourth-order valence-corrected chi connectivity index (χ4v) is 3.10. The standard InChI is InChI=1S/C12H14FN3OS2/c1-7(17)8-4-5-10(9(13)6-8)18-12-15-14-11(19-12)16(2)3/h4-7,17H,1-3H3/t7-/m1/s1. The van der Waals surface area contributed by atoms with Crippen LogP contribution in [-0.4, -0.2) is 29.4 Å². The summed E-state index contributed by atoms with van der Waals surface area (Å²) in [5.74, 6) is -0.356. The molecule has 1 atom stereocenters. The first-order valence-electron chi connectivity index (χ1n) is 5.63. The molecule has 0 aliphatic carbocycles. The average molecular weight is 299 g/mol. The van der Waals surface area contributed by atoms with E-state index in [9.17, 15) is 9.50 Å². The van der Waals surface area contributed by atoms with Gasteiger partial charge in [0.15, 0.2) is 4.34 Å². The number of hydrogen-bond acceptors (Lipinski definition) is 6. The van der Waals surface area contributed by atoms with Gasteiger partial charge < -0.3 is 10.0 Å². The molecule has 0 aliphatic rings. The molecule has 0 spiro atoms. The zero-order chi connectivity index (χ0) is 14.0. The van der Waals surface area contributed by atoms with Crippen molar-refractivity contribution in [3.05, 3.63) is 29.6 Å². The summed E-state index contributed by atoms with van der Waals surface area (Å²) in [6.45, 7) is 1.61. The van der Waals surface area contributed by atoms with E-state index in [0.29, 0.717) is 14.8 Å². The summed E-state index contributed by atoms with van der Waals surface area (Å²) in [6.07, 6.45) is -0.671. The largest absolute Gasteiger partial charge is 0.389 e. The van der Waals surface area contributed by atoms with E-state index in [1.54, 1.807) is 19.1 Å². The number of hydrogen-bond donors (Lipinski definition) is 1. The lowest BCUT2D eigenvalue weighted by atomic mass is 10.1. The molecule has 0 saturated carbocycles. The lowest BCUT2D eigenvalue weighted by Gasteiger charge is -2.06. The molecule has 0 fully saturated rings. The second kappa shape index (κ2) is 5.85. The summed E-state index contributed by atoms with van der Waals surface area (Å²) in [5, 5.41) is 18.2. The fourth-order valence-electron chi connectivity index (χ4n) is 1.38. The first kappa shape index (κ1) is 14.2. The Morgan fingerprint density at radius 3 is 2.63 bits per heavy atom. The maximum absolute atomic E-state index is 13.9. The van der Waals surface area contributed by atoms with Crippen LogP contribution in [0, 0.1) is 5.82 Å². The third kappa shape index (κ3) is 3.43. The normalized spacial score (nSPS) is 12.5. The van der Waals surface area contributed by atoms with E-state index < -0.39 is 6.10 Å². The molecule has 7 heteroatoms.